The Labute approximate surface area is 201 Å². The summed E-state index contributed by atoms with van der Waals surface area (Å²) in [7, 11) is 0. The molecule has 1 amide bonds. The molecular formula is C28H34FN3O2. The molecule has 1 saturated heterocycles. The molecule has 0 radical (unpaired) electrons. The first kappa shape index (κ1) is 24.0. The van der Waals surface area contributed by atoms with E-state index in [1.54, 1.807) is 23.1 Å². The molecule has 3 aromatic rings. The van der Waals surface area contributed by atoms with Crippen LogP contribution in [0.5, 0.6) is 0 Å². The van der Waals surface area contributed by atoms with Gasteiger partial charge in [0.1, 0.15) is 11.6 Å². The zero-order valence-corrected chi connectivity index (χ0v) is 20.6. The van der Waals surface area contributed by atoms with E-state index in [-0.39, 0.29) is 17.3 Å². The molecule has 5 nitrogen and oxygen atoms in total. The number of nitrogens with zero attached hydrogens (tertiary/aromatic N) is 3. The third-order valence-corrected chi connectivity index (χ3v) is 6.42. The van der Waals surface area contributed by atoms with Crippen LogP contribution in [0.2, 0.25) is 0 Å². The van der Waals surface area contributed by atoms with Crippen LogP contribution in [0.25, 0.3) is 0 Å². The number of hydrogen-bond acceptors (Lipinski definition) is 4. The van der Waals surface area contributed by atoms with Crippen molar-refractivity contribution in [2.75, 3.05) is 31.1 Å². The number of carbonyl (C=O) groups excluding carboxylic acids is 1. The summed E-state index contributed by atoms with van der Waals surface area (Å²) in [6.45, 7) is 12.3. The van der Waals surface area contributed by atoms with Crippen molar-refractivity contribution in [1.29, 1.82) is 0 Å². The number of aryl methyl sites for hydroxylation is 1. The van der Waals surface area contributed by atoms with Gasteiger partial charge >= 0.3 is 0 Å². The first-order valence-electron chi connectivity index (χ1n) is 11.9. The molecule has 0 aliphatic carbocycles. The highest BCUT2D eigenvalue weighted by Crippen LogP contribution is 2.24. The second kappa shape index (κ2) is 10.0. The van der Waals surface area contributed by atoms with Crippen molar-refractivity contribution in [2.24, 2.45) is 0 Å². The van der Waals surface area contributed by atoms with E-state index in [0.29, 0.717) is 44.2 Å². The monoisotopic (exact) mass is 463 g/mol. The molecule has 0 N–H and O–H groups in total. The maximum absolute atomic E-state index is 14.1. The number of hydrogen-bond donors (Lipinski definition) is 0. The van der Waals surface area contributed by atoms with Crippen LogP contribution >= 0.6 is 0 Å². The van der Waals surface area contributed by atoms with Crippen molar-refractivity contribution >= 4 is 11.6 Å². The number of piperazine rings is 1. The minimum absolute atomic E-state index is 0.0646. The average molecular weight is 464 g/mol. The van der Waals surface area contributed by atoms with Gasteiger partial charge < -0.3 is 14.2 Å². The van der Waals surface area contributed by atoms with Crippen molar-refractivity contribution in [3.63, 3.8) is 0 Å². The van der Waals surface area contributed by atoms with Crippen LogP contribution in [0.4, 0.5) is 10.1 Å². The molecule has 0 saturated carbocycles. The predicted molar refractivity (Wildman–Crippen MR) is 133 cm³/mol. The number of rotatable bonds is 6. The largest absolute Gasteiger partial charge is 0.455 e. The van der Waals surface area contributed by atoms with Crippen LogP contribution < -0.4 is 4.90 Å². The molecule has 34 heavy (non-hydrogen) atoms. The summed E-state index contributed by atoms with van der Waals surface area (Å²) in [5, 5.41) is 0. The molecule has 0 spiro atoms. The number of amides is 1. The Morgan fingerprint density at radius 1 is 0.941 bits per heavy atom. The van der Waals surface area contributed by atoms with Gasteiger partial charge in [-0.1, -0.05) is 42.0 Å². The lowest BCUT2D eigenvalue weighted by molar-refractivity contribution is 0.0703. The Bertz CT molecular complexity index is 1110. The first-order chi connectivity index (χ1) is 16.2. The zero-order chi connectivity index (χ0) is 24.3. The Kier molecular flexibility index (Phi) is 7.08. The number of furan rings is 1. The molecule has 1 aromatic heterocycles. The second-order valence-electron chi connectivity index (χ2n) is 10.0. The van der Waals surface area contributed by atoms with Gasteiger partial charge in [0.15, 0.2) is 5.76 Å². The van der Waals surface area contributed by atoms with E-state index < -0.39 is 0 Å². The lowest BCUT2D eigenvalue weighted by atomic mass is 10.0. The molecule has 0 unspecified atom stereocenters. The second-order valence-corrected chi connectivity index (χ2v) is 10.0. The standard InChI is InChI=1S/C28H34FN3O2/c1-21-9-11-22(12-10-21)19-32(28(2,3)4)20-23-13-14-26(34-23)27(33)31-17-15-30(16-18-31)25-8-6-5-7-24(25)29/h5-14H,15-20H2,1-4H3. The quantitative estimate of drug-likeness (QED) is 0.485. The van der Waals surface area contributed by atoms with Crippen molar-refractivity contribution in [3.8, 4) is 0 Å². The summed E-state index contributed by atoms with van der Waals surface area (Å²) in [6, 6.07) is 19.0. The van der Waals surface area contributed by atoms with E-state index in [1.807, 2.05) is 17.0 Å². The van der Waals surface area contributed by atoms with Crippen LogP contribution in [0, 0.1) is 12.7 Å². The molecule has 1 fully saturated rings. The maximum Gasteiger partial charge on any atom is 0.289 e. The molecule has 0 atom stereocenters. The third-order valence-electron chi connectivity index (χ3n) is 6.42. The lowest BCUT2D eigenvalue weighted by Gasteiger charge is -2.36. The van der Waals surface area contributed by atoms with Gasteiger partial charge in [-0.2, -0.15) is 0 Å². The number of anilines is 1. The average Bonchev–Trinajstić information content (AvgIpc) is 3.28. The molecule has 1 aliphatic rings. The maximum atomic E-state index is 14.1. The van der Waals surface area contributed by atoms with E-state index in [9.17, 15) is 9.18 Å². The smallest absolute Gasteiger partial charge is 0.289 e. The van der Waals surface area contributed by atoms with Gasteiger partial charge in [0, 0.05) is 38.3 Å². The fourth-order valence-corrected chi connectivity index (χ4v) is 4.22. The first-order valence-corrected chi connectivity index (χ1v) is 11.9. The van der Waals surface area contributed by atoms with Gasteiger partial charge in [-0.15, -0.1) is 0 Å². The Balaban J connectivity index is 1.38. The summed E-state index contributed by atoms with van der Waals surface area (Å²) in [5.41, 5.74) is 3.02. The minimum atomic E-state index is -0.230. The van der Waals surface area contributed by atoms with Crippen molar-refractivity contribution in [3.05, 3.63) is 89.1 Å². The van der Waals surface area contributed by atoms with Crippen molar-refractivity contribution in [2.45, 2.75) is 46.3 Å². The highest BCUT2D eigenvalue weighted by Gasteiger charge is 2.27. The molecule has 180 valence electrons. The number of para-hydroxylation sites is 1. The predicted octanol–water partition coefficient (Wildman–Crippen LogP) is 5.49. The number of benzene rings is 2. The zero-order valence-electron chi connectivity index (χ0n) is 20.6. The molecule has 1 aliphatic heterocycles. The van der Waals surface area contributed by atoms with Gasteiger partial charge in [0.2, 0.25) is 0 Å². The molecule has 4 rings (SSSR count). The van der Waals surface area contributed by atoms with Gasteiger partial charge in [-0.05, 0) is 57.5 Å². The summed E-state index contributed by atoms with van der Waals surface area (Å²) in [6.07, 6.45) is 0. The molecular weight excluding hydrogens is 429 g/mol. The summed E-state index contributed by atoms with van der Waals surface area (Å²) < 4.78 is 20.1. The van der Waals surface area contributed by atoms with Gasteiger partial charge in [-0.3, -0.25) is 9.69 Å². The fourth-order valence-electron chi connectivity index (χ4n) is 4.22. The highest BCUT2D eigenvalue weighted by molar-refractivity contribution is 5.91. The lowest BCUT2D eigenvalue weighted by Crippen LogP contribution is -2.49. The molecule has 2 aromatic carbocycles. The van der Waals surface area contributed by atoms with E-state index >= 15 is 0 Å². The van der Waals surface area contributed by atoms with E-state index in [0.717, 1.165) is 12.3 Å². The van der Waals surface area contributed by atoms with E-state index in [4.69, 9.17) is 4.42 Å². The van der Waals surface area contributed by atoms with Gasteiger partial charge in [0.05, 0.1) is 12.2 Å². The Morgan fingerprint density at radius 2 is 1.62 bits per heavy atom. The van der Waals surface area contributed by atoms with Crippen molar-refractivity contribution in [1.82, 2.24) is 9.80 Å². The number of carbonyl (C=O) groups is 1. The van der Waals surface area contributed by atoms with Crippen molar-refractivity contribution < 1.29 is 13.6 Å². The van der Waals surface area contributed by atoms with Gasteiger partial charge in [-0.25, -0.2) is 4.39 Å². The topological polar surface area (TPSA) is 39.9 Å². The molecule has 6 heteroatoms. The van der Waals surface area contributed by atoms with Crippen LogP contribution in [0.1, 0.15) is 48.2 Å². The SMILES string of the molecule is Cc1ccc(CN(Cc2ccc(C(=O)N3CCN(c4ccccc4F)CC3)o2)C(C)(C)C)cc1. The van der Waals surface area contributed by atoms with Crippen LogP contribution in [-0.2, 0) is 13.1 Å². The number of halogens is 1. The van der Waals surface area contributed by atoms with Crippen LogP contribution in [0.3, 0.4) is 0 Å². The van der Waals surface area contributed by atoms with Gasteiger partial charge in [0.25, 0.3) is 5.91 Å². The molecule has 2 heterocycles. The van der Waals surface area contributed by atoms with Crippen LogP contribution in [0.15, 0.2) is 65.1 Å². The molecule has 0 bridgehead atoms. The third kappa shape index (κ3) is 5.68. The fraction of sp³-hybridized carbons (Fsp3) is 0.393. The summed E-state index contributed by atoms with van der Waals surface area (Å²) in [4.78, 5) is 19.2. The Hall–Kier alpha value is -3.12. The summed E-state index contributed by atoms with van der Waals surface area (Å²) in [5.74, 6) is 0.793. The van der Waals surface area contributed by atoms with E-state index in [1.165, 1.54) is 17.2 Å². The highest BCUT2D eigenvalue weighted by atomic mass is 19.1. The normalized spacial score (nSPS) is 14.6. The van der Waals surface area contributed by atoms with E-state index in [2.05, 4.69) is 56.9 Å². The minimum Gasteiger partial charge on any atom is -0.455 e. The van der Waals surface area contributed by atoms with Crippen LogP contribution in [-0.4, -0.2) is 47.4 Å². The Morgan fingerprint density at radius 3 is 2.26 bits per heavy atom. The summed E-state index contributed by atoms with van der Waals surface area (Å²) >= 11 is 0.